The van der Waals surface area contributed by atoms with Gasteiger partial charge in [0.1, 0.15) is 11.6 Å². The quantitative estimate of drug-likeness (QED) is 0.694. The molecule has 7 heteroatoms. The topological polar surface area (TPSA) is 65.8 Å². The van der Waals surface area contributed by atoms with Crippen molar-refractivity contribution in [2.24, 2.45) is 0 Å². The number of para-hydroxylation sites is 1. The molecule has 0 atom stereocenters. The van der Waals surface area contributed by atoms with E-state index < -0.39 is 23.3 Å². The molecule has 1 heterocycles. The van der Waals surface area contributed by atoms with Crippen molar-refractivity contribution >= 4 is 17.7 Å². The van der Waals surface area contributed by atoms with Crippen LogP contribution in [0.5, 0.6) is 0 Å². The maximum absolute atomic E-state index is 12.9. The Kier molecular flexibility index (Phi) is 4.76. The molecule has 0 unspecified atom stereocenters. The van der Waals surface area contributed by atoms with Gasteiger partial charge in [0.05, 0.1) is 11.3 Å². The minimum atomic E-state index is -4.61. The van der Waals surface area contributed by atoms with Crippen molar-refractivity contribution in [2.45, 2.75) is 6.18 Å². The molecule has 0 aliphatic rings. The fraction of sp³-hybridized carbons (Fsp3) is 0.0625. The number of alkyl halides is 3. The number of nitrogens with zero attached hydrogens (tertiary/aromatic N) is 2. The third kappa shape index (κ3) is 4.17. The molecule has 0 aliphatic carbocycles. The first-order valence-electron chi connectivity index (χ1n) is 6.41. The van der Waals surface area contributed by atoms with Gasteiger partial charge in [-0.2, -0.15) is 18.4 Å². The number of hydrogen-bond acceptors (Lipinski definition) is 3. The third-order valence-electron chi connectivity index (χ3n) is 2.84. The van der Waals surface area contributed by atoms with E-state index in [0.29, 0.717) is 5.56 Å². The monoisotopic (exact) mass is 317 g/mol. The Balaban J connectivity index is 2.29. The van der Waals surface area contributed by atoms with Crippen LogP contribution in [-0.4, -0.2) is 10.9 Å². The van der Waals surface area contributed by atoms with Crippen molar-refractivity contribution in [3.8, 4) is 6.07 Å². The number of amides is 1. The van der Waals surface area contributed by atoms with Crippen molar-refractivity contribution in [2.75, 3.05) is 5.32 Å². The molecule has 1 amide bonds. The van der Waals surface area contributed by atoms with E-state index in [-0.39, 0.29) is 5.57 Å². The van der Waals surface area contributed by atoms with Crippen LogP contribution in [0.1, 0.15) is 11.1 Å². The standard InChI is InChI=1S/C16H10F3N3O/c17-16(18,19)13-5-1-2-6-14(13)22-15(23)12(9-20)8-11-4-3-7-21-10-11/h1-8,10H,(H,22,23)/b12-8+. The first kappa shape index (κ1) is 16.2. The van der Waals surface area contributed by atoms with Gasteiger partial charge >= 0.3 is 6.18 Å². The summed E-state index contributed by atoms with van der Waals surface area (Å²) in [6, 6.07) is 9.45. The molecule has 23 heavy (non-hydrogen) atoms. The molecule has 1 aromatic carbocycles. The third-order valence-corrected chi connectivity index (χ3v) is 2.84. The van der Waals surface area contributed by atoms with Crippen molar-refractivity contribution in [3.05, 3.63) is 65.5 Å². The molecule has 2 rings (SSSR count). The number of rotatable bonds is 3. The summed E-state index contributed by atoms with van der Waals surface area (Å²) in [4.78, 5) is 15.9. The van der Waals surface area contributed by atoms with Crippen LogP contribution in [-0.2, 0) is 11.0 Å². The smallest absolute Gasteiger partial charge is 0.321 e. The van der Waals surface area contributed by atoms with Crippen LogP contribution in [0.3, 0.4) is 0 Å². The van der Waals surface area contributed by atoms with Gasteiger partial charge < -0.3 is 5.32 Å². The van der Waals surface area contributed by atoms with Crippen LogP contribution in [0.2, 0.25) is 0 Å². The van der Waals surface area contributed by atoms with Crippen molar-refractivity contribution < 1.29 is 18.0 Å². The molecule has 0 spiro atoms. The lowest BCUT2D eigenvalue weighted by atomic mass is 10.1. The Morgan fingerprint density at radius 1 is 1.22 bits per heavy atom. The van der Waals surface area contributed by atoms with Gasteiger partial charge in [0.2, 0.25) is 0 Å². The van der Waals surface area contributed by atoms with Gasteiger partial charge in [-0.05, 0) is 29.8 Å². The van der Waals surface area contributed by atoms with Crippen LogP contribution < -0.4 is 5.32 Å². The second kappa shape index (κ2) is 6.75. The fourth-order valence-corrected chi connectivity index (χ4v) is 1.81. The van der Waals surface area contributed by atoms with Gasteiger partial charge in [0.15, 0.2) is 0 Å². The van der Waals surface area contributed by atoms with E-state index in [9.17, 15) is 18.0 Å². The highest BCUT2D eigenvalue weighted by Gasteiger charge is 2.33. The van der Waals surface area contributed by atoms with E-state index >= 15 is 0 Å². The molecule has 1 N–H and O–H groups in total. The molecule has 4 nitrogen and oxygen atoms in total. The minimum Gasteiger partial charge on any atom is -0.321 e. The van der Waals surface area contributed by atoms with Crippen LogP contribution in [0.4, 0.5) is 18.9 Å². The summed E-state index contributed by atoms with van der Waals surface area (Å²) in [7, 11) is 0. The number of nitriles is 1. The molecular weight excluding hydrogens is 307 g/mol. The zero-order valence-electron chi connectivity index (χ0n) is 11.6. The Hall–Kier alpha value is -3.14. The summed E-state index contributed by atoms with van der Waals surface area (Å²) in [5, 5.41) is 11.2. The number of carbonyl (C=O) groups excluding carboxylic acids is 1. The Bertz CT molecular complexity index is 777. The summed E-state index contributed by atoms with van der Waals surface area (Å²) in [5.74, 6) is -0.923. The first-order chi connectivity index (χ1) is 10.9. The Morgan fingerprint density at radius 2 is 1.96 bits per heavy atom. The summed E-state index contributed by atoms with van der Waals surface area (Å²) < 4.78 is 38.7. The zero-order chi connectivity index (χ0) is 16.9. The van der Waals surface area contributed by atoms with Gasteiger partial charge in [-0.1, -0.05) is 18.2 Å². The molecule has 116 valence electrons. The molecule has 1 aromatic heterocycles. The van der Waals surface area contributed by atoms with Crippen LogP contribution in [0.15, 0.2) is 54.4 Å². The van der Waals surface area contributed by atoms with Crippen LogP contribution in [0, 0.1) is 11.3 Å². The van der Waals surface area contributed by atoms with E-state index in [1.54, 1.807) is 18.2 Å². The second-order valence-electron chi connectivity index (χ2n) is 4.45. The molecule has 0 fully saturated rings. The van der Waals surface area contributed by atoms with Gasteiger partial charge in [-0.15, -0.1) is 0 Å². The highest BCUT2D eigenvalue weighted by atomic mass is 19.4. The zero-order valence-corrected chi connectivity index (χ0v) is 11.6. The number of benzene rings is 1. The van der Waals surface area contributed by atoms with E-state index in [4.69, 9.17) is 5.26 Å². The SMILES string of the molecule is N#C/C(=C\c1cccnc1)C(=O)Nc1ccccc1C(F)(F)F. The molecule has 0 radical (unpaired) electrons. The van der Waals surface area contributed by atoms with Gasteiger partial charge in [0, 0.05) is 12.4 Å². The molecule has 0 bridgehead atoms. The molecule has 0 saturated carbocycles. The maximum Gasteiger partial charge on any atom is 0.418 e. The van der Waals surface area contributed by atoms with Gasteiger partial charge in [0.25, 0.3) is 5.91 Å². The lowest BCUT2D eigenvalue weighted by molar-refractivity contribution is -0.136. The highest BCUT2D eigenvalue weighted by Crippen LogP contribution is 2.34. The van der Waals surface area contributed by atoms with Crippen LogP contribution in [0.25, 0.3) is 6.08 Å². The van der Waals surface area contributed by atoms with Crippen molar-refractivity contribution in [1.29, 1.82) is 5.26 Å². The minimum absolute atomic E-state index is 0.324. The summed E-state index contributed by atoms with van der Waals surface area (Å²) in [5.41, 5.74) is -1.22. The summed E-state index contributed by atoms with van der Waals surface area (Å²) in [6.07, 6.45) is -0.417. The van der Waals surface area contributed by atoms with E-state index in [0.717, 1.165) is 12.1 Å². The number of carbonyl (C=O) groups is 1. The van der Waals surface area contributed by atoms with Crippen molar-refractivity contribution in [3.63, 3.8) is 0 Å². The fourth-order valence-electron chi connectivity index (χ4n) is 1.81. The van der Waals surface area contributed by atoms with Crippen LogP contribution >= 0.6 is 0 Å². The number of hydrogen-bond donors (Lipinski definition) is 1. The number of aromatic nitrogens is 1. The van der Waals surface area contributed by atoms with Crippen molar-refractivity contribution in [1.82, 2.24) is 4.98 Å². The maximum atomic E-state index is 12.9. The lowest BCUT2D eigenvalue weighted by Gasteiger charge is -2.13. The average Bonchev–Trinajstić information content (AvgIpc) is 2.53. The van der Waals surface area contributed by atoms with E-state index in [1.165, 1.54) is 30.6 Å². The number of halogens is 3. The number of pyridine rings is 1. The summed E-state index contributed by atoms with van der Waals surface area (Å²) in [6.45, 7) is 0. The van der Waals surface area contributed by atoms with E-state index in [1.807, 2.05) is 0 Å². The molecule has 0 aliphatic heterocycles. The lowest BCUT2D eigenvalue weighted by Crippen LogP contribution is -2.17. The predicted octanol–water partition coefficient (Wildman–Crippen LogP) is 3.65. The van der Waals surface area contributed by atoms with Gasteiger partial charge in [-0.3, -0.25) is 9.78 Å². The number of nitrogens with one attached hydrogen (secondary N) is 1. The predicted molar refractivity (Wildman–Crippen MR) is 77.9 cm³/mol. The van der Waals surface area contributed by atoms with E-state index in [2.05, 4.69) is 10.3 Å². The largest absolute Gasteiger partial charge is 0.418 e. The first-order valence-corrected chi connectivity index (χ1v) is 6.41. The molecular formula is C16H10F3N3O. The highest BCUT2D eigenvalue weighted by molar-refractivity contribution is 6.10. The van der Waals surface area contributed by atoms with Gasteiger partial charge in [-0.25, -0.2) is 0 Å². The molecule has 0 saturated heterocycles. The Labute approximate surface area is 129 Å². The normalized spacial score (nSPS) is 11.7. The average molecular weight is 317 g/mol. The second-order valence-corrected chi connectivity index (χ2v) is 4.45. The summed E-state index contributed by atoms with van der Waals surface area (Å²) >= 11 is 0. The molecule has 2 aromatic rings. The Morgan fingerprint density at radius 3 is 2.57 bits per heavy atom. The number of anilines is 1.